The molecule has 0 aliphatic carbocycles. The summed E-state index contributed by atoms with van der Waals surface area (Å²) < 4.78 is 0. The average molecular weight is 284 g/mol. The van der Waals surface area contributed by atoms with Gasteiger partial charge in [-0.1, -0.05) is 49.4 Å². The summed E-state index contributed by atoms with van der Waals surface area (Å²) in [5.74, 6) is -0.289. The van der Waals surface area contributed by atoms with E-state index in [9.17, 15) is 4.79 Å². The van der Waals surface area contributed by atoms with E-state index in [0.29, 0.717) is 6.42 Å². The van der Waals surface area contributed by atoms with Crippen LogP contribution in [0.2, 0.25) is 5.02 Å². The van der Waals surface area contributed by atoms with E-state index in [1.54, 1.807) is 5.48 Å². The quantitative estimate of drug-likeness (QED) is 0.407. The van der Waals surface area contributed by atoms with Crippen LogP contribution in [-0.2, 0) is 11.2 Å². The lowest BCUT2D eigenvalue weighted by molar-refractivity contribution is -0.129. The summed E-state index contributed by atoms with van der Waals surface area (Å²) >= 11 is 5.83. The van der Waals surface area contributed by atoms with Crippen molar-refractivity contribution in [3.05, 3.63) is 34.9 Å². The third-order valence-corrected chi connectivity index (χ3v) is 3.41. The first-order chi connectivity index (χ1) is 9.22. The fraction of sp³-hybridized carbons (Fsp3) is 0.533. The Morgan fingerprint density at radius 1 is 1.00 bits per heavy atom. The predicted molar refractivity (Wildman–Crippen MR) is 77.4 cm³/mol. The van der Waals surface area contributed by atoms with Crippen molar-refractivity contribution in [3.63, 3.8) is 0 Å². The Morgan fingerprint density at radius 2 is 1.58 bits per heavy atom. The number of halogens is 1. The zero-order valence-electron chi connectivity index (χ0n) is 11.2. The SMILES string of the molecule is O=C(CCCCCCCCc1ccc(Cl)cc1)NO. The number of unbranched alkanes of at least 4 members (excludes halogenated alkanes) is 5. The molecule has 0 spiro atoms. The van der Waals surface area contributed by atoms with Crippen LogP contribution in [0, 0.1) is 0 Å². The number of carbonyl (C=O) groups is 1. The Bertz CT molecular complexity index is 365. The molecule has 0 radical (unpaired) electrons. The Morgan fingerprint density at radius 3 is 2.21 bits per heavy atom. The van der Waals surface area contributed by atoms with Crippen molar-refractivity contribution < 1.29 is 10.0 Å². The second-order valence-electron chi connectivity index (χ2n) is 4.78. The van der Waals surface area contributed by atoms with Gasteiger partial charge in [-0.25, -0.2) is 5.48 Å². The maximum absolute atomic E-state index is 10.8. The van der Waals surface area contributed by atoms with Crippen molar-refractivity contribution in [2.75, 3.05) is 0 Å². The maximum atomic E-state index is 10.8. The van der Waals surface area contributed by atoms with Crippen LogP contribution in [0.15, 0.2) is 24.3 Å². The van der Waals surface area contributed by atoms with Gasteiger partial charge in [0.15, 0.2) is 0 Å². The average Bonchev–Trinajstić information content (AvgIpc) is 2.43. The third kappa shape index (κ3) is 7.85. The molecule has 19 heavy (non-hydrogen) atoms. The van der Waals surface area contributed by atoms with Gasteiger partial charge in [-0.2, -0.15) is 0 Å². The molecule has 4 heteroatoms. The normalized spacial score (nSPS) is 10.4. The van der Waals surface area contributed by atoms with E-state index in [1.807, 2.05) is 12.1 Å². The number of benzene rings is 1. The highest BCUT2D eigenvalue weighted by molar-refractivity contribution is 6.30. The molecular weight excluding hydrogens is 262 g/mol. The monoisotopic (exact) mass is 283 g/mol. The maximum Gasteiger partial charge on any atom is 0.243 e. The number of aryl methyl sites for hydroxylation is 1. The van der Waals surface area contributed by atoms with E-state index in [2.05, 4.69) is 12.1 Å². The van der Waals surface area contributed by atoms with Crippen molar-refractivity contribution in [2.24, 2.45) is 0 Å². The molecule has 0 bridgehead atoms. The van der Waals surface area contributed by atoms with E-state index in [-0.39, 0.29) is 5.91 Å². The van der Waals surface area contributed by atoms with Crippen molar-refractivity contribution in [1.82, 2.24) is 5.48 Å². The molecule has 106 valence electrons. The van der Waals surface area contributed by atoms with Gasteiger partial charge < -0.3 is 0 Å². The van der Waals surface area contributed by atoms with Crippen molar-refractivity contribution >= 4 is 17.5 Å². The number of hydrogen-bond donors (Lipinski definition) is 2. The van der Waals surface area contributed by atoms with Gasteiger partial charge >= 0.3 is 0 Å². The number of hydroxylamine groups is 1. The molecule has 0 fully saturated rings. The van der Waals surface area contributed by atoms with Crippen molar-refractivity contribution in [2.45, 2.75) is 51.4 Å². The first-order valence-corrected chi connectivity index (χ1v) is 7.27. The van der Waals surface area contributed by atoms with Crippen LogP contribution in [0.5, 0.6) is 0 Å². The highest BCUT2D eigenvalue weighted by Gasteiger charge is 1.98. The molecule has 0 aliphatic heterocycles. The van der Waals surface area contributed by atoms with Gasteiger partial charge in [0.2, 0.25) is 5.91 Å². The molecule has 1 aromatic carbocycles. The molecule has 1 aromatic rings. The van der Waals surface area contributed by atoms with Crippen LogP contribution in [0.3, 0.4) is 0 Å². The number of hydrogen-bond acceptors (Lipinski definition) is 2. The second-order valence-corrected chi connectivity index (χ2v) is 5.22. The van der Waals surface area contributed by atoms with Crippen LogP contribution >= 0.6 is 11.6 Å². The molecule has 3 nitrogen and oxygen atoms in total. The fourth-order valence-corrected chi connectivity index (χ4v) is 2.15. The van der Waals surface area contributed by atoms with Crippen molar-refractivity contribution in [3.8, 4) is 0 Å². The molecule has 0 aromatic heterocycles. The summed E-state index contributed by atoms with van der Waals surface area (Å²) in [6.45, 7) is 0. The Kier molecular flexibility index (Phi) is 8.26. The van der Waals surface area contributed by atoms with Gasteiger partial charge in [-0.3, -0.25) is 10.0 Å². The number of amides is 1. The largest absolute Gasteiger partial charge is 0.289 e. The summed E-state index contributed by atoms with van der Waals surface area (Å²) in [6.07, 6.45) is 8.19. The molecule has 0 unspecified atom stereocenters. The van der Waals surface area contributed by atoms with E-state index >= 15 is 0 Å². The van der Waals surface area contributed by atoms with Crippen LogP contribution in [0.25, 0.3) is 0 Å². The topological polar surface area (TPSA) is 49.3 Å². The Hall–Kier alpha value is -1.06. The lowest BCUT2D eigenvalue weighted by Gasteiger charge is -2.03. The van der Waals surface area contributed by atoms with E-state index < -0.39 is 0 Å². The summed E-state index contributed by atoms with van der Waals surface area (Å²) in [4.78, 5) is 10.8. The molecular formula is C15H22ClNO2. The van der Waals surface area contributed by atoms with Gasteiger partial charge in [0.1, 0.15) is 0 Å². The third-order valence-electron chi connectivity index (χ3n) is 3.16. The first-order valence-electron chi connectivity index (χ1n) is 6.90. The van der Waals surface area contributed by atoms with Gasteiger partial charge in [0.25, 0.3) is 0 Å². The van der Waals surface area contributed by atoms with Crippen LogP contribution in [0.4, 0.5) is 0 Å². The molecule has 0 heterocycles. The highest BCUT2D eigenvalue weighted by Crippen LogP contribution is 2.13. The van der Waals surface area contributed by atoms with Gasteiger partial charge in [0.05, 0.1) is 0 Å². The Labute approximate surface area is 119 Å². The fourth-order valence-electron chi connectivity index (χ4n) is 2.03. The minimum Gasteiger partial charge on any atom is -0.289 e. The minimum absolute atomic E-state index is 0.289. The first kappa shape index (κ1) is 16.0. The lowest BCUT2D eigenvalue weighted by atomic mass is 10.0. The van der Waals surface area contributed by atoms with Crippen LogP contribution in [0.1, 0.15) is 50.5 Å². The number of rotatable bonds is 9. The molecule has 2 N–H and O–H groups in total. The summed E-state index contributed by atoms with van der Waals surface area (Å²) in [6, 6.07) is 8.03. The van der Waals surface area contributed by atoms with E-state index in [4.69, 9.17) is 16.8 Å². The van der Waals surface area contributed by atoms with E-state index in [1.165, 1.54) is 24.8 Å². The minimum atomic E-state index is -0.289. The number of nitrogens with one attached hydrogen (secondary N) is 1. The van der Waals surface area contributed by atoms with Gasteiger partial charge in [-0.15, -0.1) is 0 Å². The van der Waals surface area contributed by atoms with Gasteiger partial charge in [-0.05, 0) is 37.0 Å². The molecule has 0 saturated carbocycles. The summed E-state index contributed by atoms with van der Waals surface area (Å²) in [5.41, 5.74) is 2.99. The lowest BCUT2D eigenvalue weighted by Crippen LogP contribution is -2.17. The predicted octanol–water partition coefficient (Wildman–Crippen LogP) is 4.12. The zero-order valence-corrected chi connectivity index (χ0v) is 12.0. The van der Waals surface area contributed by atoms with Gasteiger partial charge in [0, 0.05) is 11.4 Å². The number of carbonyl (C=O) groups excluding carboxylic acids is 1. The van der Waals surface area contributed by atoms with E-state index in [0.717, 1.165) is 30.7 Å². The molecule has 1 amide bonds. The second kappa shape index (κ2) is 9.82. The standard InChI is InChI=1S/C15H22ClNO2/c16-14-11-9-13(10-12-14)7-5-3-1-2-4-6-8-15(18)17-19/h9-12,19H,1-8H2,(H,17,18). The van der Waals surface area contributed by atoms with Crippen LogP contribution in [-0.4, -0.2) is 11.1 Å². The molecule has 0 atom stereocenters. The Balaban J connectivity index is 1.94. The zero-order chi connectivity index (χ0) is 13.9. The summed E-state index contributed by atoms with van der Waals surface area (Å²) in [5, 5.41) is 9.11. The van der Waals surface area contributed by atoms with Crippen molar-refractivity contribution in [1.29, 1.82) is 0 Å². The highest BCUT2D eigenvalue weighted by atomic mass is 35.5. The summed E-state index contributed by atoms with van der Waals surface area (Å²) in [7, 11) is 0. The van der Waals surface area contributed by atoms with Crippen LogP contribution < -0.4 is 5.48 Å². The smallest absolute Gasteiger partial charge is 0.243 e. The molecule has 1 rings (SSSR count). The molecule has 0 aliphatic rings. The molecule has 0 saturated heterocycles.